The number of carbonyl (C=O) groups excluding carboxylic acids is 2. The Kier molecular flexibility index (Phi) is 17.6. The van der Waals surface area contributed by atoms with Crippen molar-refractivity contribution in [3.8, 4) is 0 Å². The maximum atomic E-state index is 11.2. The van der Waals surface area contributed by atoms with Gasteiger partial charge in [-0.3, -0.25) is 9.59 Å². The summed E-state index contributed by atoms with van der Waals surface area (Å²) in [6.45, 7) is 9.01. The van der Waals surface area contributed by atoms with Gasteiger partial charge in [0.25, 0.3) is 0 Å². The molecule has 0 aliphatic carbocycles. The van der Waals surface area contributed by atoms with Gasteiger partial charge in [0, 0.05) is 20.0 Å². The highest BCUT2D eigenvalue weighted by Gasteiger charge is 1.95. The molecule has 0 spiro atoms. The molecule has 112 valence electrons. The largest absolute Gasteiger partial charge is 0.356 e. The van der Waals surface area contributed by atoms with Gasteiger partial charge in [0.05, 0.1) is 0 Å². The summed E-state index contributed by atoms with van der Waals surface area (Å²) in [6.07, 6.45) is 8.48. The van der Waals surface area contributed by atoms with Crippen molar-refractivity contribution in [2.75, 3.05) is 13.1 Å². The van der Waals surface area contributed by atoms with Gasteiger partial charge in [-0.2, -0.15) is 0 Å². The monoisotopic (exact) mass is 270 g/mol. The Morgan fingerprint density at radius 2 is 1.47 bits per heavy atom. The number of unbranched alkanes of at least 4 members (excludes halogenated alkanes) is 3. The zero-order valence-electron chi connectivity index (χ0n) is 12.9. The number of carbonyl (C=O) groups is 2. The molecule has 0 aromatic carbocycles. The average Bonchev–Trinajstić information content (AvgIpc) is 2.41. The van der Waals surface area contributed by atoms with Crippen LogP contribution in [0.2, 0.25) is 0 Å². The molecule has 19 heavy (non-hydrogen) atoms. The highest BCUT2D eigenvalue weighted by atomic mass is 16.2. The van der Waals surface area contributed by atoms with Crippen molar-refractivity contribution in [3.63, 3.8) is 0 Å². The number of amides is 2. The Morgan fingerprint density at radius 3 is 1.95 bits per heavy atom. The Labute approximate surface area is 118 Å². The smallest absolute Gasteiger partial charge is 0.243 e. The van der Waals surface area contributed by atoms with E-state index in [1.54, 1.807) is 6.08 Å². The standard InChI is InChI=1S/C13H24N2O2.C2H6/c1-3-4-9-13(17)15-11-8-6-5-7-10-14-12(2)16;1-2/h4,9H,3,5-8,10-11H2,1-2H3,(H,14,16)(H,15,17);1-2H3/b9-4+;. The Hall–Kier alpha value is -1.32. The molecule has 0 aromatic rings. The molecule has 0 saturated heterocycles. The van der Waals surface area contributed by atoms with E-state index in [1.165, 1.54) is 6.92 Å². The van der Waals surface area contributed by atoms with Crippen LogP contribution >= 0.6 is 0 Å². The number of rotatable bonds is 9. The molecule has 0 saturated carbocycles. The number of allylic oxidation sites excluding steroid dienone is 1. The van der Waals surface area contributed by atoms with Crippen molar-refractivity contribution in [3.05, 3.63) is 12.2 Å². The molecule has 0 rings (SSSR count). The summed E-state index contributed by atoms with van der Waals surface area (Å²) in [5, 5.41) is 5.59. The van der Waals surface area contributed by atoms with E-state index < -0.39 is 0 Å². The molecule has 0 heterocycles. The van der Waals surface area contributed by atoms with Gasteiger partial charge in [-0.05, 0) is 25.3 Å². The van der Waals surface area contributed by atoms with Crippen LogP contribution in [0.5, 0.6) is 0 Å². The molecule has 0 aromatic heterocycles. The van der Waals surface area contributed by atoms with Crippen LogP contribution in [0.1, 0.15) is 59.8 Å². The topological polar surface area (TPSA) is 58.2 Å². The third kappa shape index (κ3) is 19.2. The molecular weight excluding hydrogens is 240 g/mol. The normalized spacial score (nSPS) is 9.68. The lowest BCUT2D eigenvalue weighted by Gasteiger charge is -2.03. The fraction of sp³-hybridized carbons (Fsp3) is 0.733. The molecule has 0 aliphatic heterocycles. The maximum Gasteiger partial charge on any atom is 0.243 e. The summed E-state index contributed by atoms with van der Waals surface area (Å²) in [4.78, 5) is 21.7. The Bertz CT molecular complexity index is 251. The fourth-order valence-electron chi connectivity index (χ4n) is 1.36. The first-order valence-corrected chi connectivity index (χ1v) is 7.35. The summed E-state index contributed by atoms with van der Waals surface area (Å²) in [6, 6.07) is 0. The van der Waals surface area contributed by atoms with Crippen molar-refractivity contribution in [1.82, 2.24) is 10.6 Å². The molecule has 0 unspecified atom stereocenters. The zero-order valence-corrected chi connectivity index (χ0v) is 12.9. The molecule has 0 aliphatic rings. The van der Waals surface area contributed by atoms with Crippen molar-refractivity contribution in [2.24, 2.45) is 0 Å². The van der Waals surface area contributed by atoms with Gasteiger partial charge in [0.2, 0.25) is 11.8 Å². The second-order valence-corrected chi connectivity index (χ2v) is 4.00. The quantitative estimate of drug-likeness (QED) is 0.500. The van der Waals surface area contributed by atoms with E-state index in [2.05, 4.69) is 10.6 Å². The van der Waals surface area contributed by atoms with E-state index in [0.717, 1.165) is 45.2 Å². The Morgan fingerprint density at radius 1 is 0.947 bits per heavy atom. The van der Waals surface area contributed by atoms with E-state index in [0.29, 0.717) is 0 Å². The van der Waals surface area contributed by atoms with Gasteiger partial charge >= 0.3 is 0 Å². The summed E-state index contributed by atoms with van der Waals surface area (Å²) in [7, 11) is 0. The summed E-state index contributed by atoms with van der Waals surface area (Å²) < 4.78 is 0. The average molecular weight is 270 g/mol. The molecule has 0 radical (unpaired) electrons. The summed E-state index contributed by atoms with van der Waals surface area (Å²) >= 11 is 0. The van der Waals surface area contributed by atoms with Gasteiger partial charge in [0.15, 0.2) is 0 Å². The first-order valence-electron chi connectivity index (χ1n) is 7.35. The SMILES string of the molecule is CC.CC/C=C/C(=O)NCCCCCCNC(C)=O. The van der Waals surface area contributed by atoms with E-state index >= 15 is 0 Å². The molecule has 0 atom stereocenters. The zero-order chi connectivity index (χ0) is 14.9. The minimum absolute atomic E-state index is 0.00917. The van der Waals surface area contributed by atoms with Crippen LogP contribution in [0.4, 0.5) is 0 Å². The van der Waals surface area contributed by atoms with E-state index in [4.69, 9.17) is 0 Å². The predicted octanol–water partition coefficient (Wildman–Crippen LogP) is 2.79. The molecule has 0 fully saturated rings. The molecule has 2 N–H and O–H groups in total. The Balaban J connectivity index is 0. The lowest BCUT2D eigenvalue weighted by atomic mass is 10.2. The third-order valence-electron chi connectivity index (χ3n) is 2.28. The summed E-state index contributed by atoms with van der Waals surface area (Å²) in [5.74, 6) is 0.0186. The van der Waals surface area contributed by atoms with E-state index in [-0.39, 0.29) is 11.8 Å². The number of nitrogens with one attached hydrogen (secondary N) is 2. The van der Waals surface area contributed by atoms with Crippen molar-refractivity contribution < 1.29 is 9.59 Å². The molecule has 2 amide bonds. The van der Waals surface area contributed by atoms with Crippen LogP contribution in [-0.4, -0.2) is 24.9 Å². The van der Waals surface area contributed by atoms with Crippen molar-refractivity contribution >= 4 is 11.8 Å². The molecule has 4 nitrogen and oxygen atoms in total. The van der Waals surface area contributed by atoms with Gasteiger partial charge in [-0.15, -0.1) is 0 Å². The van der Waals surface area contributed by atoms with Crippen LogP contribution in [0, 0.1) is 0 Å². The van der Waals surface area contributed by atoms with Gasteiger partial charge in [-0.25, -0.2) is 0 Å². The maximum absolute atomic E-state index is 11.2. The molecule has 4 heteroatoms. The highest BCUT2D eigenvalue weighted by Crippen LogP contribution is 1.97. The number of hydrogen-bond donors (Lipinski definition) is 2. The van der Waals surface area contributed by atoms with Crippen LogP contribution in [0.15, 0.2) is 12.2 Å². The van der Waals surface area contributed by atoms with Crippen LogP contribution in [0.25, 0.3) is 0 Å². The third-order valence-corrected chi connectivity index (χ3v) is 2.28. The second kappa shape index (κ2) is 16.7. The van der Waals surface area contributed by atoms with Gasteiger partial charge in [-0.1, -0.05) is 39.7 Å². The summed E-state index contributed by atoms with van der Waals surface area (Å²) in [5.41, 5.74) is 0. The van der Waals surface area contributed by atoms with Gasteiger partial charge in [0.1, 0.15) is 0 Å². The van der Waals surface area contributed by atoms with Crippen LogP contribution < -0.4 is 10.6 Å². The minimum Gasteiger partial charge on any atom is -0.356 e. The van der Waals surface area contributed by atoms with Gasteiger partial charge < -0.3 is 10.6 Å². The van der Waals surface area contributed by atoms with Crippen LogP contribution in [-0.2, 0) is 9.59 Å². The minimum atomic E-state index is -0.00917. The molecular formula is C15H30N2O2. The van der Waals surface area contributed by atoms with Crippen molar-refractivity contribution in [2.45, 2.75) is 59.8 Å². The van der Waals surface area contributed by atoms with Crippen molar-refractivity contribution in [1.29, 1.82) is 0 Å². The van der Waals surface area contributed by atoms with E-state index in [9.17, 15) is 9.59 Å². The molecule has 0 bridgehead atoms. The number of hydrogen-bond acceptors (Lipinski definition) is 2. The lowest BCUT2D eigenvalue weighted by Crippen LogP contribution is -2.22. The van der Waals surface area contributed by atoms with Crippen LogP contribution in [0.3, 0.4) is 0 Å². The second-order valence-electron chi connectivity index (χ2n) is 4.00. The highest BCUT2D eigenvalue weighted by molar-refractivity contribution is 5.87. The predicted molar refractivity (Wildman–Crippen MR) is 80.9 cm³/mol. The lowest BCUT2D eigenvalue weighted by molar-refractivity contribution is -0.119. The first kappa shape index (κ1) is 20.0. The first-order chi connectivity index (χ1) is 9.16. The fourth-order valence-corrected chi connectivity index (χ4v) is 1.36. The van der Waals surface area contributed by atoms with E-state index in [1.807, 2.05) is 26.8 Å².